The molecule has 0 spiro atoms. The van der Waals surface area contributed by atoms with E-state index in [2.05, 4.69) is 10.3 Å². The molecule has 0 radical (unpaired) electrons. The van der Waals surface area contributed by atoms with E-state index in [1.807, 2.05) is 25.1 Å². The van der Waals surface area contributed by atoms with E-state index in [0.29, 0.717) is 10.7 Å². The monoisotopic (exact) mass is 376 g/mol. The Balaban J connectivity index is 1.91. The van der Waals surface area contributed by atoms with E-state index in [1.165, 1.54) is 17.8 Å². The van der Waals surface area contributed by atoms with Crippen LogP contribution in [0.3, 0.4) is 0 Å². The quantitative estimate of drug-likeness (QED) is 0.812. The largest absolute Gasteiger partial charge is 0.392 e. The van der Waals surface area contributed by atoms with Crippen LogP contribution in [0.1, 0.15) is 41.4 Å². The van der Waals surface area contributed by atoms with Crippen LogP contribution >= 0.6 is 23.2 Å². The van der Waals surface area contributed by atoms with Crippen molar-refractivity contribution >= 4 is 40.4 Å². The van der Waals surface area contributed by atoms with Crippen LogP contribution in [0.2, 0.25) is 10.0 Å². The number of anilines is 1. The Labute approximate surface area is 156 Å². The van der Waals surface area contributed by atoms with E-state index in [9.17, 15) is 9.90 Å². The van der Waals surface area contributed by atoms with Crippen molar-refractivity contribution < 1.29 is 9.90 Å². The van der Waals surface area contributed by atoms with Crippen molar-refractivity contribution in [2.24, 2.45) is 0 Å². The number of benzene rings is 1. The average Bonchev–Trinajstić information content (AvgIpc) is 2.73. The van der Waals surface area contributed by atoms with Crippen LogP contribution in [0.25, 0.3) is 5.57 Å². The number of hydrogen-bond donors (Lipinski definition) is 2. The summed E-state index contributed by atoms with van der Waals surface area (Å²) in [5.41, 5.74) is 5.20. The lowest BCUT2D eigenvalue weighted by molar-refractivity contribution is 0.102. The number of rotatable bonds is 3. The summed E-state index contributed by atoms with van der Waals surface area (Å²) in [6.45, 7) is 2.07. The number of aromatic nitrogens is 1. The molecule has 1 aromatic carbocycles. The van der Waals surface area contributed by atoms with Gasteiger partial charge in [-0.25, -0.2) is 4.98 Å². The number of fused-ring (bicyclic) bond motifs is 1. The number of aryl methyl sites for hydroxylation is 1. The predicted molar refractivity (Wildman–Crippen MR) is 101 cm³/mol. The summed E-state index contributed by atoms with van der Waals surface area (Å²) in [6, 6.07) is 7.32. The molecule has 0 saturated carbocycles. The molecule has 1 aromatic heterocycles. The Bertz CT molecular complexity index is 862. The van der Waals surface area contributed by atoms with Crippen LogP contribution in [0.15, 0.2) is 36.0 Å². The highest BCUT2D eigenvalue weighted by Gasteiger charge is 2.17. The lowest BCUT2D eigenvalue weighted by Crippen LogP contribution is -2.14. The first-order valence-corrected chi connectivity index (χ1v) is 8.80. The summed E-state index contributed by atoms with van der Waals surface area (Å²) in [5.74, 6) is -0.390. The minimum absolute atomic E-state index is 0.0617. The number of hydrogen-bond acceptors (Lipinski definition) is 3. The second kappa shape index (κ2) is 7.56. The van der Waals surface area contributed by atoms with Gasteiger partial charge in [-0.3, -0.25) is 4.79 Å². The molecule has 1 heterocycles. The first-order chi connectivity index (χ1) is 12.0. The fourth-order valence-corrected chi connectivity index (χ4v) is 3.53. The highest BCUT2D eigenvalue weighted by molar-refractivity contribution is 6.36. The Morgan fingerprint density at radius 2 is 2.08 bits per heavy atom. The third kappa shape index (κ3) is 3.87. The first-order valence-electron chi connectivity index (χ1n) is 8.04. The Kier molecular flexibility index (Phi) is 5.42. The topological polar surface area (TPSA) is 62.2 Å². The van der Waals surface area contributed by atoms with Crippen molar-refractivity contribution in [3.8, 4) is 0 Å². The number of pyridine rings is 1. The second-order valence-corrected chi connectivity index (χ2v) is 6.89. The molecular weight excluding hydrogens is 359 g/mol. The molecule has 6 heteroatoms. The maximum absolute atomic E-state index is 12.4. The fourth-order valence-electron chi connectivity index (χ4n) is 3.06. The first kappa shape index (κ1) is 17.9. The van der Waals surface area contributed by atoms with Gasteiger partial charge in [-0.2, -0.15) is 0 Å². The molecule has 0 unspecified atom stereocenters. The van der Waals surface area contributed by atoms with Gasteiger partial charge in [0, 0.05) is 11.9 Å². The van der Waals surface area contributed by atoms with Gasteiger partial charge in [-0.05, 0) is 66.7 Å². The molecule has 4 nitrogen and oxygen atoms in total. The zero-order valence-electron chi connectivity index (χ0n) is 13.8. The van der Waals surface area contributed by atoms with Crippen molar-refractivity contribution in [3.63, 3.8) is 0 Å². The summed E-state index contributed by atoms with van der Waals surface area (Å²) in [4.78, 5) is 16.4. The zero-order chi connectivity index (χ0) is 18.0. The second-order valence-electron chi connectivity index (χ2n) is 6.05. The highest BCUT2D eigenvalue weighted by atomic mass is 35.5. The third-order valence-corrected chi connectivity index (χ3v) is 4.94. The molecule has 2 N–H and O–H groups in total. The Hall–Kier alpha value is -1.88. The molecule has 1 aliphatic rings. The van der Waals surface area contributed by atoms with Gasteiger partial charge in [0.1, 0.15) is 5.69 Å². The summed E-state index contributed by atoms with van der Waals surface area (Å²) >= 11 is 11.9. The summed E-state index contributed by atoms with van der Waals surface area (Å²) < 4.78 is 0. The van der Waals surface area contributed by atoms with Crippen molar-refractivity contribution in [1.82, 2.24) is 4.98 Å². The van der Waals surface area contributed by atoms with Gasteiger partial charge in [-0.15, -0.1) is 0 Å². The van der Waals surface area contributed by atoms with Crippen LogP contribution in [-0.4, -0.2) is 22.6 Å². The fraction of sp³-hybridized carbons (Fsp3) is 0.263. The zero-order valence-corrected chi connectivity index (χ0v) is 15.3. The van der Waals surface area contributed by atoms with E-state index in [-0.39, 0.29) is 23.2 Å². The number of aliphatic hydroxyl groups excluding tert-OH is 1. The average molecular weight is 377 g/mol. The highest BCUT2D eigenvalue weighted by Crippen LogP contribution is 2.32. The number of aliphatic hydroxyl groups is 1. The lowest BCUT2D eigenvalue weighted by Gasteiger charge is -2.13. The van der Waals surface area contributed by atoms with Crippen molar-refractivity contribution in [2.45, 2.75) is 26.2 Å². The van der Waals surface area contributed by atoms with Gasteiger partial charge in [0.25, 0.3) is 5.91 Å². The lowest BCUT2D eigenvalue weighted by atomic mass is 9.97. The number of nitrogens with zero attached hydrogens (tertiary/aromatic N) is 1. The maximum Gasteiger partial charge on any atom is 0.275 e. The summed E-state index contributed by atoms with van der Waals surface area (Å²) in [5, 5.41) is 13.0. The van der Waals surface area contributed by atoms with E-state index >= 15 is 0 Å². The van der Waals surface area contributed by atoms with E-state index in [4.69, 9.17) is 23.2 Å². The molecular formula is C19H18Cl2N2O2. The van der Waals surface area contributed by atoms with Crippen LogP contribution < -0.4 is 5.32 Å². The molecule has 1 aliphatic carbocycles. The minimum atomic E-state index is -0.390. The molecule has 25 heavy (non-hydrogen) atoms. The number of allylic oxidation sites excluding steroid dienone is 1. The van der Waals surface area contributed by atoms with E-state index < -0.39 is 0 Å². The van der Waals surface area contributed by atoms with Crippen molar-refractivity contribution in [2.75, 3.05) is 11.9 Å². The normalized spacial score (nSPS) is 14.1. The van der Waals surface area contributed by atoms with Gasteiger partial charge >= 0.3 is 0 Å². The minimum Gasteiger partial charge on any atom is -0.392 e. The van der Waals surface area contributed by atoms with Crippen molar-refractivity contribution in [3.05, 3.63) is 62.9 Å². The molecule has 130 valence electrons. The van der Waals surface area contributed by atoms with Gasteiger partial charge in [0.05, 0.1) is 16.7 Å². The Morgan fingerprint density at radius 1 is 1.28 bits per heavy atom. The van der Waals surface area contributed by atoms with Crippen LogP contribution in [0.5, 0.6) is 0 Å². The number of nitrogens with one attached hydrogen (secondary N) is 1. The smallest absolute Gasteiger partial charge is 0.275 e. The molecule has 0 bridgehead atoms. The molecule has 0 atom stereocenters. The molecule has 0 saturated heterocycles. The Morgan fingerprint density at radius 3 is 2.80 bits per heavy atom. The number of carbonyl (C=O) groups is 1. The number of carbonyl (C=O) groups excluding carboxylic acids is 1. The van der Waals surface area contributed by atoms with E-state index in [0.717, 1.165) is 36.0 Å². The summed E-state index contributed by atoms with van der Waals surface area (Å²) in [7, 11) is 0. The predicted octanol–water partition coefficient (Wildman–Crippen LogP) is 4.74. The van der Waals surface area contributed by atoms with Crippen LogP contribution in [0.4, 0.5) is 5.69 Å². The van der Waals surface area contributed by atoms with E-state index in [1.54, 1.807) is 0 Å². The van der Waals surface area contributed by atoms with Crippen LogP contribution in [-0.2, 0) is 6.42 Å². The summed E-state index contributed by atoms with van der Waals surface area (Å²) in [6.07, 6.45) is 4.24. The number of amides is 1. The standard InChI is InChI=1S/C19H18Cl2N2O2/c1-11-13(10-24)4-2-3-12-5-6-15(8-16(11)12)23-19(25)18-17(21)7-14(20)9-22-18/h5-9,24H,2-4,10H2,1H3,(H,23,25). The van der Waals surface area contributed by atoms with Crippen LogP contribution in [0, 0.1) is 0 Å². The molecule has 1 amide bonds. The van der Waals surface area contributed by atoms with Gasteiger partial charge < -0.3 is 10.4 Å². The number of halogens is 2. The molecule has 3 rings (SSSR count). The maximum atomic E-state index is 12.4. The third-order valence-electron chi connectivity index (χ3n) is 4.44. The molecule has 0 fully saturated rings. The SMILES string of the molecule is CC1=C(CO)CCCc2ccc(NC(=O)c3ncc(Cl)cc3Cl)cc21. The van der Waals surface area contributed by atoms with Gasteiger partial charge in [0.15, 0.2) is 0 Å². The van der Waals surface area contributed by atoms with Gasteiger partial charge in [0.2, 0.25) is 0 Å². The molecule has 2 aromatic rings. The molecule has 0 aliphatic heterocycles. The van der Waals surface area contributed by atoms with Gasteiger partial charge in [-0.1, -0.05) is 29.3 Å². The van der Waals surface area contributed by atoms with Crippen molar-refractivity contribution in [1.29, 1.82) is 0 Å².